The summed E-state index contributed by atoms with van der Waals surface area (Å²) in [4.78, 5) is 18.1. The molecular formula is C15H14FN5S. The Morgan fingerprint density at radius 1 is 1.27 bits per heavy atom. The van der Waals surface area contributed by atoms with Crippen LogP contribution in [-0.4, -0.2) is 27.7 Å². The van der Waals surface area contributed by atoms with Gasteiger partial charge in [0, 0.05) is 22.1 Å². The highest BCUT2D eigenvalue weighted by Gasteiger charge is 2.36. The molecule has 0 atom stereocenters. The Morgan fingerprint density at radius 2 is 2.05 bits per heavy atom. The van der Waals surface area contributed by atoms with E-state index in [2.05, 4.69) is 34.1 Å². The van der Waals surface area contributed by atoms with Crippen LogP contribution in [0.2, 0.25) is 0 Å². The van der Waals surface area contributed by atoms with Crippen molar-refractivity contribution in [3.8, 4) is 0 Å². The van der Waals surface area contributed by atoms with Gasteiger partial charge in [-0.15, -0.1) is 11.3 Å². The highest BCUT2D eigenvalue weighted by Crippen LogP contribution is 2.47. The van der Waals surface area contributed by atoms with Crippen molar-refractivity contribution >= 4 is 34.2 Å². The van der Waals surface area contributed by atoms with Gasteiger partial charge >= 0.3 is 0 Å². The fraction of sp³-hybridized carbons (Fsp3) is 0.333. The van der Waals surface area contributed by atoms with Crippen molar-refractivity contribution in [2.24, 2.45) is 4.99 Å². The first-order valence-electron chi connectivity index (χ1n) is 7.01. The first-order valence-corrected chi connectivity index (χ1v) is 7.83. The molecule has 0 saturated heterocycles. The van der Waals surface area contributed by atoms with E-state index in [1.807, 2.05) is 6.21 Å². The summed E-state index contributed by atoms with van der Waals surface area (Å²) < 4.78 is 12.9. The molecule has 0 bridgehead atoms. The first kappa shape index (κ1) is 13.5. The minimum atomic E-state index is -0.456. The summed E-state index contributed by atoms with van der Waals surface area (Å²) in [5.74, 6) is -0.110. The van der Waals surface area contributed by atoms with Crippen LogP contribution >= 0.6 is 11.3 Å². The van der Waals surface area contributed by atoms with Gasteiger partial charge in [-0.2, -0.15) is 0 Å². The van der Waals surface area contributed by atoms with E-state index in [9.17, 15) is 4.39 Å². The molecular weight excluding hydrogens is 301 g/mol. The van der Waals surface area contributed by atoms with E-state index in [0.717, 1.165) is 41.8 Å². The van der Waals surface area contributed by atoms with Gasteiger partial charge in [0.05, 0.1) is 24.6 Å². The Morgan fingerprint density at radius 3 is 2.82 bits per heavy atom. The summed E-state index contributed by atoms with van der Waals surface area (Å²) in [7, 11) is 0. The highest BCUT2D eigenvalue weighted by molar-refractivity contribution is 7.16. The lowest BCUT2D eigenvalue weighted by molar-refractivity contribution is 0.520. The van der Waals surface area contributed by atoms with Crippen LogP contribution in [-0.2, 0) is 5.41 Å². The molecule has 0 amide bonds. The van der Waals surface area contributed by atoms with E-state index in [0.29, 0.717) is 5.95 Å². The van der Waals surface area contributed by atoms with Crippen molar-refractivity contribution in [1.82, 2.24) is 15.0 Å². The Balaban J connectivity index is 1.73. The number of aliphatic imine (C=N–C) groups is 1. The van der Waals surface area contributed by atoms with Crippen molar-refractivity contribution in [1.29, 1.82) is 0 Å². The lowest BCUT2D eigenvalue weighted by Gasteiger charge is -2.29. The van der Waals surface area contributed by atoms with Gasteiger partial charge in [-0.1, -0.05) is 13.8 Å². The number of halogens is 1. The number of hydrogen-bond donors (Lipinski definition) is 1. The second kappa shape index (κ2) is 4.67. The Labute approximate surface area is 131 Å². The smallest absolute Gasteiger partial charge is 0.229 e. The third-order valence-corrected chi connectivity index (χ3v) is 5.21. The molecule has 0 radical (unpaired) electrons. The first-order chi connectivity index (χ1) is 10.5. The number of aromatic nitrogens is 3. The lowest BCUT2D eigenvalue weighted by Crippen LogP contribution is -2.22. The maximum absolute atomic E-state index is 12.9. The average molecular weight is 315 g/mol. The molecule has 0 unspecified atom stereocenters. The van der Waals surface area contributed by atoms with E-state index in [4.69, 9.17) is 4.98 Å². The largest absolute Gasteiger partial charge is 0.300 e. The minimum Gasteiger partial charge on any atom is -0.300 e. The van der Waals surface area contributed by atoms with Crippen molar-refractivity contribution < 1.29 is 4.39 Å². The zero-order valence-electron chi connectivity index (χ0n) is 12.2. The zero-order valence-corrected chi connectivity index (χ0v) is 13.0. The number of nitrogens with one attached hydrogen (secondary N) is 1. The normalized spacial score (nSPS) is 18.3. The molecule has 0 saturated carbocycles. The van der Waals surface area contributed by atoms with E-state index in [1.54, 1.807) is 11.3 Å². The van der Waals surface area contributed by atoms with Gasteiger partial charge in [-0.05, 0) is 12.0 Å². The molecule has 1 aliphatic heterocycles. The standard InChI is InChI=1S/C15H14FN5S/c1-15(2)3-8-4-17-7-10(8)11-12(15)22-14(20-11)21-13-18-5-9(16)6-19-13/h5-7H,3-4H2,1-2H3,(H,18,19,20,21). The SMILES string of the molecule is CC1(C)CC2=C(C=NC2)c2nc(Nc3ncc(F)cn3)sc21. The molecule has 0 spiro atoms. The summed E-state index contributed by atoms with van der Waals surface area (Å²) in [6, 6.07) is 0. The van der Waals surface area contributed by atoms with E-state index in [-0.39, 0.29) is 5.41 Å². The predicted molar refractivity (Wildman–Crippen MR) is 85.3 cm³/mol. The number of thiazole rings is 1. The fourth-order valence-electron chi connectivity index (χ4n) is 2.90. The quantitative estimate of drug-likeness (QED) is 0.923. The molecule has 0 aromatic carbocycles. The van der Waals surface area contributed by atoms with Gasteiger partial charge in [0.1, 0.15) is 0 Å². The number of rotatable bonds is 2. The Bertz CT molecular complexity index is 804. The molecule has 22 heavy (non-hydrogen) atoms. The van der Waals surface area contributed by atoms with Crippen LogP contribution in [0.5, 0.6) is 0 Å². The summed E-state index contributed by atoms with van der Waals surface area (Å²) >= 11 is 1.60. The van der Waals surface area contributed by atoms with Crippen LogP contribution in [0, 0.1) is 5.82 Å². The van der Waals surface area contributed by atoms with Gasteiger partial charge in [0.15, 0.2) is 10.9 Å². The second-order valence-corrected chi connectivity index (χ2v) is 7.09. The van der Waals surface area contributed by atoms with E-state index < -0.39 is 5.82 Å². The number of anilines is 2. The van der Waals surface area contributed by atoms with Gasteiger partial charge in [0.2, 0.25) is 5.95 Å². The predicted octanol–water partition coefficient (Wildman–Crippen LogP) is 3.34. The van der Waals surface area contributed by atoms with Crippen LogP contribution in [0.3, 0.4) is 0 Å². The average Bonchev–Trinajstić information content (AvgIpc) is 3.07. The molecule has 1 aliphatic carbocycles. The van der Waals surface area contributed by atoms with Gasteiger partial charge in [0.25, 0.3) is 0 Å². The third-order valence-electron chi connectivity index (χ3n) is 3.87. The van der Waals surface area contributed by atoms with Crippen LogP contribution in [0.15, 0.2) is 23.0 Å². The zero-order chi connectivity index (χ0) is 15.3. The topological polar surface area (TPSA) is 63.1 Å². The Kier molecular flexibility index (Phi) is 2.87. The summed E-state index contributed by atoms with van der Waals surface area (Å²) in [5, 5.41) is 3.78. The Hall–Kier alpha value is -2.15. The fourth-order valence-corrected chi connectivity index (χ4v) is 3.98. The van der Waals surface area contributed by atoms with Crippen molar-refractivity contribution in [2.75, 3.05) is 11.9 Å². The molecule has 5 nitrogen and oxygen atoms in total. The van der Waals surface area contributed by atoms with Crippen molar-refractivity contribution in [3.63, 3.8) is 0 Å². The monoisotopic (exact) mass is 315 g/mol. The van der Waals surface area contributed by atoms with E-state index in [1.165, 1.54) is 10.5 Å². The molecule has 4 rings (SSSR count). The molecule has 2 aliphatic rings. The summed E-state index contributed by atoms with van der Waals surface area (Å²) in [6.45, 7) is 5.23. The molecule has 7 heteroatoms. The van der Waals surface area contributed by atoms with Gasteiger partial charge in [-0.3, -0.25) is 4.99 Å². The van der Waals surface area contributed by atoms with Gasteiger partial charge in [-0.25, -0.2) is 19.3 Å². The number of hydrogen-bond acceptors (Lipinski definition) is 6. The number of allylic oxidation sites excluding steroid dienone is 1. The molecule has 3 heterocycles. The number of fused-ring (bicyclic) bond motifs is 2. The molecule has 2 aromatic heterocycles. The lowest BCUT2D eigenvalue weighted by atomic mass is 9.77. The van der Waals surface area contributed by atoms with Crippen LogP contribution in [0.1, 0.15) is 30.8 Å². The highest BCUT2D eigenvalue weighted by atomic mass is 32.1. The van der Waals surface area contributed by atoms with E-state index >= 15 is 0 Å². The van der Waals surface area contributed by atoms with Crippen molar-refractivity contribution in [2.45, 2.75) is 25.7 Å². The maximum atomic E-state index is 12.9. The minimum absolute atomic E-state index is 0.0448. The molecule has 1 N–H and O–H groups in total. The molecule has 112 valence electrons. The maximum Gasteiger partial charge on any atom is 0.229 e. The van der Waals surface area contributed by atoms with Gasteiger partial charge < -0.3 is 5.32 Å². The molecule has 0 fully saturated rings. The second-order valence-electron chi connectivity index (χ2n) is 6.09. The third kappa shape index (κ3) is 2.12. The van der Waals surface area contributed by atoms with Crippen LogP contribution < -0.4 is 5.32 Å². The number of nitrogens with zero attached hydrogens (tertiary/aromatic N) is 4. The summed E-state index contributed by atoms with van der Waals surface area (Å²) in [5.41, 5.74) is 3.55. The molecule has 2 aromatic rings. The van der Waals surface area contributed by atoms with Crippen LogP contribution in [0.25, 0.3) is 5.57 Å². The van der Waals surface area contributed by atoms with Crippen molar-refractivity contribution in [3.05, 3.63) is 34.4 Å². The summed E-state index contributed by atoms with van der Waals surface area (Å²) in [6.07, 6.45) is 5.19. The van der Waals surface area contributed by atoms with Crippen LogP contribution in [0.4, 0.5) is 15.5 Å².